The van der Waals surface area contributed by atoms with Crippen molar-refractivity contribution in [3.63, 3.8) is 0 Å². The molecule has 0 radical (unpaired) electrons. The molecule has 0 bridgehead atoms. The first-order valence-electron chi connectivity index (χ1n) is 5.89. The number of nitrogens with zero attached hydrogens (tertiary/aromatic N) is 4. The van der Waals surface area contributed by atoms with Crippen LogP contribution in [0.3, 0.4) is 0 Å². The number of nitrogens with one attached hydrogen (secondary N) is 1. The van der Waals surface area contributed by atoms with Gasteiger partial charge in [0.1, 0.15) is 0 Å². The van der Waals surface area contributed by atoms with Crippen molar-refractivity contribution in [2.24, 2.45) is 7.05 Å². The van der Waals surface area contributed by atoms with Gasteiger partial charge in [0, 0.05) is 19.7 Å². The van der Waals surface area contributed by atoms with Gasteiger partial charge in [-0.25, -0.2) is 0 Å². The lowest BCUT2D eigenvalue weighted by Gasteiger charge is -2.03. The highest BCUT2D eigenvalue weighted by Crippen LogP contribution is 2.23. The van der Waals surface area contributed by atoms with E-state index >= 15 is 0 Å². The van der Waals surface area contributed by atoms with Crippen LogP contribution >= 0.6 is 11.8 Å². The minimum atomic E-state index is -0.0639. The molecule has 2 rings (SSSR count). The van der Waals surface area contributed by atoms with Gasteiger partial charge in [0.15, 0.2) is 11.0 Å². The lowest BCUT2D eigenvalue weighted by Crippen LogP contribution is -2.20. The third-order valence-corrected chi connectivity index (χ3v) is 3.72. The minimum Gasteiger partial charge on any atom is -0.358 e. The first-order chi connectivity index (χ1) is 9.65. The maximum atomic E-state index is 11.2. The van der Waals surface area contributed by atoms with E-state index in [0.717, 1.165) is 5.56 Å². The summed E-state index contributed by atoms with van der Waals surface area (Å²) < 4.78 is 1.81. The zero-order valence-corrected chi connectivity index (χ0v) is 11.9. The zero-order valence-electron chi connectivity index (χ0n) is 11.1. The summed E-state index contributed by atoms with van der Waals surface area (Å²) in [7, 11) is 3.43. The first kappa shape index (κ1) is 14.1. The molecule has 0 aliphatic carbocycles. The average Bonchev–Trinajstić information content (AvgIpc) is 2.85. The Kier molecular flexibility index (Phi) is 4.38. The highest BCUT2D eigenvalue weighted by atomic mass is 32.2. The van der Waals surface area contributed by atoms with Crippen LogP contribution in [-0.2, 0) is 11.8 Å². The van der Waals surface area contributed by atoms with Crippen LogP contribution in [0.2, 0.25) is 0 Å². The number of aromatic nitrogens is 3. The molecule has 102 valence electrons. The highest BCUT2D eigenvalue weighted by Gasteiger charge is 2.12. The standard InChI is InChI=1S/C13H13N5OS/c1-15-11(19)8-20-13-17-16-12(18(13)2)10-5-3-4-9(6-10)7-14/h3-6H,8H2,1-2H3,(H,15,19). The zero-order chi connectivity index (χ0) is 14.5. The molecule has 7 heteroatoms. The van der Waals surface area contributed by atoms with Crippen molar-refractivity contribution in [3.8, 4) is 17.5 Å². The van der Waals surface area contributed by atoms with Gasteiger partial charge in [0.2, 0.25) is 5.91 Å². The van der Waals surface area contributed by atoms with Gasteiger partial charge in [-0.1, -0.05) is 23.9 Å². The summed E-state index contributed by atoms with van der Waals surface area (Å²) in [6.45, 7) is 0. The van der Waals surface area contributed by atoms with Crippen molar-refractivity contribution in [2.45, 2.75) is 5.16 Å². The molecule has 1 aromatic heterocycles. The van der Waals surface area contributed by atoms with Crippen molar-refractivity contribution in [1.82, 2.24) is 20.1 Å². The van der Waals surface area contributed by atoms with Gasteiger partial charge >= 0.3 is 0 Å². The van der Waals surface area contributed by atoms with Crippen molar-refractivity contribution >= 4 is 17.7 Å². The molecule has 1 aromatic carbocycles. The molecule has 0 saturated heterocycles. The Morgan fingerprint density at radius 3 is 3.00 bits per heavy atom. The van der Waals surface area contributed by atoms with Gasteiger partial charge < -0.3 is 9.88 Å². The van der Waals surface area contributed by atoms with Crippen molar-refractivity contribution < 1.29 is 4.79 Å². The normalized spacial score (nSPS) is 10.1. The van der Waals surface area contributed by atoms with E-state index < -0.39 is 0 Å². The number of amides is 1. The van der Waals surface area contributed by atoms with Gasteiger partial charge in [-0.2, -0.15) is 5.26 Å². The Morgan fingerprint density at radius 2 is 2.30 bits per heavy atom. The average molecular weight is 287 g/mol. The molecule has 1 N–H and O–H groups in total. The number of hydrogen-bond donors (Lipinski definition) is 1. The molecular formula is C13H13N5OS. The third kappa shape index (κ3) is 2.97. The molecule has 20 heavy (non-hydrogen) atoms. The molecule has 1 amide bonds. The van der Waals surface area contributed by atoms with Crippen LogP contribution in [0.15, 0.2) is 29.4 Å². The Labute approximate surface area is 120 Å². The summed E-state index contributed by atoms with van der Waals surface area (Å²) in [6.07, 6.45) is 0. The number of benzene rings is 1. The molecular weight excluding hydrogens is 274 g/mol. The number of carbonyl (C=O) groups is 1. The smallest absolute Gasteiger partial charge is 0.230 e. The summed E-state index contributed by atoms with van der Waals surface area (Å²) in [6, 6.07) is 9.27. The van der Waals surface area contributed by atoms with Crippen molar-refractivity contribution in [2.75, 3.05) is 12.8 Å². The SMILES string of the molecule is CNC(=O)CSc1nnc(-c2cccc(C#N)c2)n1C. The van der Waals surface area contributed by atoms with E-state index in [1.807, 2.05) is 17.7 Å². The Hall–Kier alpha value is -2.33. The van der Waals surface area contributed by atoms with Crippen LogP contribution in [-0.4, -0.2) is 33.5 Å². The summed E-state index contributed by atoms with van der Waals surface area (Å²) in [5.74, 6) is 0.897. The summed E-state index contributed by atoms with van der Waals surface area (Å²) >= 11 is 1.32. The molecule has 0 saturated carbocycles. The van der Waals surface area contributed by atoms with Gasteiger partial charge in [-0.05, 0) is 12.1 Å². The molecule has 1 heterocycles. The second-order valence-corrected chi connectivity index (χ2v) is 4.96. The summed E-state index contributed by atoms with van der Waals surface area (Å²) in [5.41, 5.74) is 1.40. The van der Waals surface area contributed by atoms with Gasteiger partial charge in [0.25, 0.3) is 0 Å². The topological polar surface area (TPSA) is 83.6 Å². The van der Waals surface area contributed by atoms with E-state index in [1.54, 1.807) is 25.2 Å². The third-order valence-electron chi connectivity index (χ3n) is 2.70. The van der Waals surface area contributed by atoms with Crippen LogP contribution in [0.5, 0.6) is 0 Å². The first-order valence-corrected chi connectivity index (χ1v) is 6.87. The van der Waals surface area contributed by atoms with Crippen LogP contribution in [0.25, 0.3) is 11.4 Å². The van der Waals surface area contributed by atoms with Crippen LogP contribution in [0.1, 0.15) is 5.56 Å². The van der Waals surface area contributed by atoms with E-state index in [-0.39, 0.29) is 5.91 Å². The Morgan fingerprint density at radius 1 is 1.50 bits per heavy atom. The molecule has 6 nitrogen and oxygen atoms in total. The minimum absolute atomic E-state index is 0.0639. The second-order valence-electron chi connectivity index (χ2n) is 4.02. The van der Waals surface area contributed by atoms with Crippen LogP contribution < -0.4 is 5.32 Å². The Balaban J connectivity index is 2.24. The largest absolute Gasteiger partial charge is 0.358 e. The van der Waals surface area contributed by atoms with E-state index in [4.69, 9.17) is 5.26 Å². The monoisotopic (exact) mass is 287 g/mol. The molecule has 2 aromatic rings. The van der Waals surface area contributed by atoms with Crippen molar-refractivity contribution in [1.29, 1.82) is 5.26 Å². The van der Waals surface area contributed by atoms with Crippen molar-refractivity contribution in [3.05, 3.63) is 29.8 Å². The molecule has 0 aliphatic rings. The molecule has 0 aliphatic heterocycles. The van der Waals surface area contributed by atoms with Crippen LogP contribution in [0, 0.1) is 11.3 Å². The highest BCUT2D eigenvalue weighted by molar-refractivity contribution is 7.99. The number of rotatable bonds is 4. The predicted molar refractivity (Wildman–Crippen MR) is 75.9 cm³/mol. The van der Waals surface area contributed by atoms with Gasteiger partial charge in [-0.15, -0.1) is 10.2 Å². The Bertz CT molecular complexity index is 674. The number of hydrogen-bond acceptors (Lipinski definition) is 5. The van der Waals surface area contributed by atoms with Crippen LogP contribution in [0.4, 0.5) is 0 Å². The van der Waals surface area contributed by atoms with Gasteiger partial charge in [0.05, 0.1) is 17.4 Å². The number of thioether (sulfide) groups is 1. The molecule has 0 unspecified atom stereocenters. The lowest BCUT2D eigenvalue weighted by molar-refractivity contribution is -0.118. The quantitative estimate of drug-likeness (QED) is 0.854. The molecule has 0 atom stereocenters. The lowest BCUT2D eigenvalue weighted by atomic mass is 10.1. The number of nitriles is 1. The van der Waals surface area contributed by atoms with E-state index in [2.05, 4.69) is 21.6 Å². The van der Waals surface area contributed by atoms with E-state index in [1.165, 1.54) is 11.8 Å². The van der Waals surface area contributed by atoms with E-state index in [9.17, 15) is 4.79 Å². The fourth-order valence-electron chi connectivity index (χ4n) is 1.62. The molecule has 0 spiro atoms. The second kappa shape index (κ2) is 6.21. The van der Waals surface area contributed by atoms with Gasteiger partial charge in [-0.3, -0.25) is 4.79 Å². The maximum Gasteiger partial charge on any atom is 0.230 e. The van der Waals surface area contributed by atoms with E-state index in [0.29, 0.717) is 22.3 Å². The summed E-state index contributed by atoms with van der Waals surface area (Å²) in [4.78, 5) is 11.2. The fourth-order valence-corrected chi connectivity index (χ4v) is 2.41. The fraction of sp³-hybridized carbons (Fsp3) is 0.231. The maximum absolute atomic E-state index is 11.2. The molecule has 0 fully saturated rings. The predicted octanol–water partition coefficient (Wildman–Crippen LogP) is 1.19. The number of carbonyl (C=O) groups excluding carboxylic acids is 1. The summed E-state index contributed by atoms with van der Waals surface area (Å²) in [5, 5.41) is 20.3.